The number of aliphatic hydroxyl groups excluding tert-OH is 1. The van der Waals surface area contributed by atoms with Crippen LogP contribution in [-0.2, 0) is 0 Å². The Morgan fingerprint density at radius 1 is 0.850 bits per heavy atom. The molecule has 0 bridgehead atoms. The Morgan fingerprint density at radius 3 is 2.05 bits per heavy atom. The summed E-state index contributed by atoms with van der Waals surface area (Å²) in [5.41, 5.74) is 5.76. The fourth-order valence-electron chi connectivity index (χ4n) is 2.05. The van der Waals surface area contributed by atoms with Crippen LogP contribution in [0.2, 0.25) is 0 Å². The third-order valence-corrected chi connectivity index (χ3v) is 3.80. The highest BCUT2D eigenvalue weighted by Crippen LogP contribution is 2.20. The van der Waals surface area contributed by atoms with E-state index >= 15 is 0 Å². The highest BCUT2D eigenvalue weighted by Gasteiger charge is 2.09. The molecule has 0 spiro atoms. The lowest BCUT2D eigenvalue weighted by Crippen LogP contribution is -2.10. The minimum atomic E-state index is -0.601. The summed E-state index contributed by atoms with van der Waals surface area (Å²) in [6, 6.07) is 12.0. The normalized spacial score (nSPS) is 12.2. The van der Waals surface area contributed by atoms with Crippen molar-refractivity contribution < 1.29 is 9.84 Å². The van der Waals surface area contributed by atoms with Crippen LogP contribution in [0.3, 0.4) is 0 Å². The van der Waals surface area contributed by atoms with Gasteiger partial charge in [0.2, 0.25) is 0 Å². The van der Waals surface area contributed by atoms with Crippen LogP contribution in [0.4, 0.5) is 0 Å². The van der Waals surface area contributed by atoms with Crippen LogP contribution in [0.15, 0.2) is 36.4 Å². The molecule has 2 nitrogen and oxygen atoms in total. The lowest BCUT2D eigenvalue weighted by Gasteiger charge is -2.14. The second kappa shape index (κ2) is 6.10. The summed E-state index contributed by atoms with van der Waals surface area (Å²) in [6.45, 7) is 8.52. The zero-order valence-corrected chi connectivity index (χ0v) is 12.6. The predicted molar refractivity (Wildman–Crippen MR) is 82.3 cm³/mol. The first-order chi connectivity index (χ1) is 9.47. The predicted octanol–water partition coefficient (Wildman–Crippen LogP) is 4.03. The van der Waals surface area contributed by atoms with E-state index in [1.54, 1.807) is 0 Å². The van der Waals surface area contributed by atoms with Crippen molar-refractivity contribution in [2.75, 3.05) is 6.61 Å². The summed E-state index contributed by atoms with van der Waals surface area (Å²) < 4.78 is 5.68. The van der Waals surface area contributed by atoms with Crippen molar-refractivity contribution in [2.24, 2.45) is 0 Å². The van der Waals surface area contributed by atoms with Crippen LogP contribution in [0, 0.1) is 27.7 Å². The molecule has 0 amide bonds. The van der Waals surface area contributed by atoms with Gasteiger partial charge in [-0.15, -0.1) is 0 Å². The van der Waals surface area contributed by atoms with Crippen molar-refractivity contribution in [2.45, 2.75) is 33.8 Å². The molecule has 106 valence electrons. The molecule has 2 rings (SSSR count). The van der Waals surface area contributed by atoms with Gasteiger partial charge in [-0.05, 0) is 67.6 Å². The maximum absolute atomic E-state index is 10.2. The topological polar surface area (TPSA) is 29.5 Å². The standard InChI is InChI=1S/C18H22O2/c1-12-5-7-16(9-14(12)3)18(19)11-20-17-8-6-13(2)15(4)10-17/h5-10,18-19H,11H2,1-4H3. The minimum absolute atomic E-state index is 0.269. The molecule has 1 N–H and O–H groups in total. The van der Waals surface area contributed by atoms with Gasteiger partial charge in [0.05, 0.1) is 0 Å². The Balaban J connectivity index is 2.02. The summed E-state index contributed by atoms with van der Waals surface area (Å²) in [5, 5.41) is 10.2. The molecular formula is C18H22O2. The number of benzene rings is 2. The van der Waals surface area contributed by atoms with Crippen LogP contribution < -0.4 is 4.74 Å². The number of hydrogen-bond donors (Lipinski definition) is 1. The van der Waals surface area contributed by atoms with Crippen molar-refractivity contribution >= 4 is 0 Å². The van der Waals surface area contributed by atoms with Crippen molar-refractivity contribution in [3.63, 3.8) is 0 Å². The second-order valence-electron chi connectivity index (χ2n) is 5.42. The Morgan fingerprint density at radius 2 is 1.45 bits per heavy atom. The molecule has 2 aromatic rings. The molecule has 0 radical (unpaired) electrons. The lowest BCUT2D eigenvalue weighted by molar-refractivity contribution is 0.108. The van der Waals surface area contributed by atoms with E-state index in [1.165, 1.54) is 22.3 Å². The molecule has 0 aromatic heterocycles. The quantitative estimate of drug-likeness (QED) is 0.908. The molecule has 0 aliphatic rings. The maximum atomic E-state index is 10.2. The Labute approximate surface area is 121 Å². The highest BCUT2D eigenvalue weighted by molar-refractivity contribution is 5.34. The van der Waals surface area contributed by atoms with E-state index < -0.39 is 6.10 Å². The Bertz CT molecular complexity index is 602. The van der Waals surface area contributed by atoms with Crippen LogP contribution in [-0.4, -0.2) is 11.7 Å². The first-order valence-corrected chi connectivity index (χ1v) is 6.92. The smallest absolute Gasteiger partial charge is 0.119 e. The van der Waals surface area contributed by atoms with E-state index in [1.807, 2.05) is 36.4 Å². The van der Waals surface area contributed by atoms with Gasteiger partial charge in [0.1, 0.15) is 18.5 Å². The monoisotopic (exact) mass is 270 g/mol. The molecule has 20 heavy (non-hydrogen) atoms. The third kappa shape index (κ3) is 3.40. The zero-order valence-electron chi connectivity index (χ0n) is 12.6. The minimum Gasteiger partial charge on any atom is -0.491 e. The molecule has 0 aliphatic carbocycles. The highest BCUT2D eigenvalue weighted by atomic mass is 16.5. The van der Waals surface area contributed by atoms with E-state index in [4.69, 9.17) is 4.74 Å². The van der Waals surface area contributed by atoms with Gasteiger partial charge in [0.15, 0.2) is 0 Å². The molecule has 2 heteroatoms. The van der Waals surface area contributed by atoms with Gasteiger partial charge >= 0.3 is 0 Å². The van der Waals surface area contributed by atoms with E-state index in [0.29, 0.717) is 0 Å². The summed E-state index contributed by atoms with van der Waals surface area (Å²) in [6.07, 6.45) is -0.601. The van der Waals surface area contributed by atoms with Gasteiger partial charge in [-0.3, -0.25) is 0 Å². The zero-order chi connectivity index (χ0) is 14.7. The molecule has 1 atom stereocenters. The Hall–Kier alpha value is -1.80. The average Bonchev–Trinajstić information content (AvgIpc) is 2.43. The van der Waals surface area contributed by atoms with Gasteiger partial charge in [-0.1, -0.05) is 24.3 Å². The molecule has 0 saturated heterocycles. The van der Waals surface area contributed by atoms with Crippen molar-refractivity contribution in [1.29, 1.82) is 0 Å². The van der Waals surface area contributed by atoms with E-state index in [-0.39, 0.29) is 6.61 Å². The lowest BCUT2D eigenvalue weighted by atomic mass is 10.0. The van der Waals surface area contributed by atoms with E-state index in [9.17, 15) is 5.11 Å². The van der Waals surface area contributed by atoms with Crippen molar-refractivity contribution in [1.82, 2.24) is 0 Å². The fourth-order valence-corrected chi connectivity index (χ4v) is 2.05. The van der Waals surface area contributed by atoms with Crippen molar-refractivity contribution in [3.05, 3.63) is 64.2 Å². The van der Waals surface area contributed by atoms with E-state index in [0.717, 1.165) is 11.3 Å². The summed E-state index contributed by atoms with van der Waals surface area (Å²) in [7, 11) is 0. The van der Waals surface area contributed by atoms with Crippen LogP contribution in [0.1, 0.15) is 33.9 Å². The second-order valence-corrected chi connectivity index (χ2v) is 5.42. The fraction of sp³-hybridized carbons (Fsp3) is 0.333. The number of hydrogen-bond acceptors (Lipinski definition) is 2. The molecular weight excluding hydrogens is 248 g/mol. The number of rotatable bonds is 4. The van der Waals surface area contributed by atoms with Crippen LogP contribution in [0.5, 0.6) is 5.75 Å². The first kappa shape index (κ1) is 14.6. The number of aliphatic hydroxyl groups is 1. The molecule has 0 heterocycles. The summed E-state index contributed by atoms with van der Waals surface area (Å²) >= 11 is 0. The van der Waals surface area contributed by atoms with E-state index in [2.05, 4.69) is 27.7 Å². The first-order valence-electron chi connectivity index (χ1n) is 6.92. The van der Waals surface area contributed by atoms with Gasteiger partial charge in [-0.25, -0.2) is 0 Å². The molecule has 1 unspecified atom stereocenters. The van der Waals surface area contributed by atoms with Gasteiger partial charge in [0.25, 0.3) is 0 Å². The third-order valence-electron chi connectivity index (χ3n) is 3.80. The average molecular weight is 270 g/mol. The Kier molecular flexibility index (Phi) is 4.46. The molecule has 2 aromatic carbocycles. The van der Waals surface area contributed by atoms with Crippen molar-refractivity contribution in [3.8, 4) is 5.75 Å². The van der Waals surface area contributed by atoms with Gasteiger partial charge in [-0.2, -0.15) is 0 Å². The molecule has 0 fully saturated rings. The van der Waals surface area contributed by atoms with Crippen LogP contribution >= 0.6 is 0 Å². The van der Waals surface area contributed by atoms with Gasteiger partial charge in [0, 0.05) is 0 Å². The van der Waals surface area contributed by atoms with Gasteiger partial charge < -0.3 is 9.84 Å². The largest absolute Gasteiger partial charge is 0.491 e. The molecule has 0 aliphatic heterocycles. The maximum Gasteiger partial charge on any atom is 0.119 e. The summed E-state index contributed by atoms with van der Waals surface area (Å²) in [5.74, 6) is 0.802. The number of aryl methyl sites for hydroxylation is 4. The SMILES string of the molecule is Cc1ccc(OCC(O)c2ccc(C)c(C)c2)cc1C. The number of ether oxygens (including phenoxy) is 1. The summed E-state index contributed by atoms with van der Waals surface area (Å²) in [4.78, 5) is 0. The molecule has 0 saturated carbocycles. The van der Waals surface area contributed by atoms with Crippen LogP contribution in [0.25, 0.3) is 0 Å².